The van der Waals surface area contributed by atoms with Crippen LogP contribution in [0.5, 0.6) is 0 Å². The molecule has 8 nitrogen and oxygen atoms in total. The van der Waals surface area contributed by atoms with E-state index in [1.54, 1.807) is 0 Å². The van der Waals surface area contributed by atoms with E-state index in [1.807, 2.05) is 21.1 Å². The highest BCUT2D eigenvalue weighted by Crippen LogP contribution is 2.38. The molecule has 3 atom stereocenters. The van der Waals surface area contributed by atoms with E-state index in [0.29, 0.717) is 23.9 Å². The number of quaternary nitrogens is 1. The average Bonchev–Trinajstić information content (AvgIpc) is 3.21. The van der Waals surface area contributed by atoms with Crippen molar-refractivity contribution in [2.24, 2.45) is 0 Å². The van der Waals surface area contributed by atoms with Gasteiger partial charge in [-0.15, -0.1) is 0 Å². The third-order valence-corrected chi connectivity index (χ3v) is 11.1. The van der Waals surface area contributed by atoms with Gasteiger partial charge in [0.2, 0.25) is 5.91 Å². The van der Waals surface area contributed by atoms with E-state index < -0.39 is 20.0 Å². The maximum Gasteiger partial charge on any atom is 0.268 e. The first kappa shape index (κ1) is 58.4. The molecule has 3 unspecified atom stereocenters. The van der Waals surface area contributed by atoms with Gasteiger partial charge < -0.3 is 28.8 Å². The van der Waals surface area contributed by atoms with Crippen LogP contribution in [0.3, 0.4) is 0 Å². The maximum absolute atomic E-state index is 12.8. The normalized spacial score (nSPS) is 15.1. The number of hydrogen-bond donors (Lipinski definition) is 2. The van der Waals surface area contributed by atoms with Crippen molar-refractivity contribution >= 4 is 13.7 Å². The van der Waals surface area contributed by atoms with E-state index >= 15 is 0 Å². The number of nitrogens with one attached hydrogen (secondary N) is 1. The van der Waals surface area contributed by atoms with Crippen molar-refractivity contribution in [2.45, 2.75) is 187 Å². The lowest BCUT2D eigenvalue weighted by Gasteiger charge is -2.30. The molecule has 2 N–H and O–H groups in total. The summed E-state index contributed by atoms with van der Waals surface area (Å²) in [5, 5.41) is 13.7. The van der Waals surface area contributed by atoms with Gasteiger partial charge in [-0.1, -0.05) is 188 Å². The first-order valence-electron chi connectivity index (χ1n) is 24.1. The van der Waals surface area contributed by atoms with Gasteiger partial charge >= 0.3 is 0 Å². The second-order valence-corrected chi connectivity index (χ2v) is 18.5. The molecular weight excluding hydrogens is 780 g/mol. The zero-order chi connectivity index (χ0) is 45.0. The third-order valence-electron chi connectivity index (χ3n) is 10.1. The molecular formula is C52H91N2O6P. The molecule has 9 heteroatoms. The van der Waals surface area contributed by atoms with Crippen LogP contribution >= 0.6 is 7.82 Å². The lowest BCUT2D eigenvalue weighted by atomic mass is 10.0. The molecule has 0 aromatic rings. The Morgan fingerprint density at radius 3 is 1.46 bits per heavy atom. The SMILES string of the molecule is CC/C=C\C/C=C\C/C=C\C/C=C\C/C=C\C/C=C\C/C=C\C/C=C\CCCCCCCCCCC(=O)NC(COP(=O)([O-])OCC[N+](C)(C)C)C(O)CCCCCCCC. The van der Waals surface area contributed by atoms with Crippen molar-refractivity contribution in [1.82, 2.24) is 5.32 Å². The van der Waals surface area contributed by atoms with Gasteiger partial charge in [-0.2, -0.15) is 0 Å². The Morgan fingerprint density at radius 2 is 1.00 bits per heavy atom. The molecule has 0 aliphatic rings. The van der Waals surface area contributed by atoms with Crippen molar-refractivity contribution in [3.8, 4) is 0 Å². The number of carbonyl (C=O) groups excluding carboxylic acids is 1. The zero-order valence-corrected chi connectivity index (χ0v) is 40.5. The van der Waals surface area contributed by atoms with Gasteiger partial charge in [-0.25, -0.2) is 0 Å². The number of aliphatic hydroxyl groups is 1. The van der Waals surface area contributed by atoms with E-state index in [9.17, 15) is 19.4 Å². The first-order chi connectivity index (χ1) is 29.5. The van der Waals surface area contributed by atoms with E-state index in [1.165, 1.54) is 51.4 Å². The highest BCUT2D eigenvalue weighted by Gasteiger charge is 2.24. The van der Waals surface area contributed by atoms with Crippen LogP contribution in [0.4, 0.5) is 0 Å². The quantitative estimate of drug-likeness (QED) is 0.0274. The average molecular weight is 871 g/mol. The number of likely N-dealkylation sites (N-methyl/N-ethyl adjacent to an activating group) is 1. The fraction of sp³-hybridized carbons (Fsp3) is 0.673. The Kier molecular flexibility index (Phi) is 40.9. The van der Waals surface area contributed by atoms with Gasteiger partial charge in [0.15, 0.2) is 0 Å². The number of hydrogen-bond acceptors (Lipinski definition) is 6. The number of allylic oxidation sites excluding steroid dienone is 16. The van der Waals surface area contributed by atoms with Gasteiger partial charge in [0, 0.05) is 6.42 Å². The van der Waals surface area contributed by atoms with Crippen LogP contribution in [0.25, 0.3) is 0 Å². The van der Waals surface area contributed by atoms with E-state index in [4.69, 9.17) is 9.05 Å². The first-order valence-corrected chi connectivity index (χ1v) is 25.5. The molecule has 1 amide bonds. The molecule has 0 spiro atoms. The molecule has 0 bridgehead atoms. The topological polar surface area (TPSA) is 108 Å². The van der Waals surface area contributed by atoms with Crippen LogP contribution in [0, 0.1) is 0 Å². The fourth-order valence-electron chi connectivity index (χ4n) is 6.29. The lowest BCUT2D eigenvalue weighted by molar-refractivity contribution is -0.870. The summed E-state index contributed by atoms with van der Waals surface area (Å²) in [5.74, 6) is -0.185. The summed E-state index contributed by atoms with van der Waals surface area (Å²) in [7, 11) is 1.28. The van der Waals surface area contributed by atoms with E-state index in [0.717, 1.165) is 96.3 Å². The molecule has 0 fully saturated rings. The second kappa shape index (κ2) is 42.7. The Morgan fingerprint density at radius 1 is 0.590 bits per heavy atom. The van der Waals surface area contributed by atoms with Crippen LogP contribution in [0.1, 0.15) is 174 Å². The number of rotatable bonds is 42. The molecule has 0 aromatic carbocycles. The summed E-state index contributed by atoms with van der Waals surface area (Å²) in [6.45, 7) is 4.50. The number of nitrogens with zero attached hydrogens (tertiary/aromatic N) is 1. The summed E-state index contributed by atoms with van der Waals surface area (Å²) in [6, 6.07) is -0.808. The van der Waals surface area contributed by atoms with E-state index in [2.05, 4.69) is 116 Å². The minimum Gasteiger partial charge on any atom is -0.756 e. The Bertz CT molecular complexity index is 1310. The van der Waals surface area contributed by atoms with E-state index in [-0.39, 0.29) is 19.1 Å². The minimum atomic E-state index is -4.56. The van der Waals surface area contributed by atoms with Crippen LogP contribution in [-0.2, 0) is 18.4 Å². The lowest BCUT2D eigenvalue weighted by Crippen LogP contribution is -2.46. The van der Waals surface area contributed by atoms with Crippen molar-refractivity contribution in [3.05, 3.63) is 97.2 Å². The number of unbranched alkanes of at least 4 members (excludes halogenated alkanes) is 13. The Balaban J connectivity index is 4.04. The fourth-order valence-corrected chi connectivity index (χ4v) is 7.01. The van der Waals surface area contributed by atoms with Crippen molar-refractivity contribution in [2.75, 3.05) is 40.9 Å². The largest absolute Gasteiger partial charge is 0.756 e. The van der Waals surface area contributed by atoms with Crippen LogP contribution < -0.4 is 10.2 Å². The third kappa shape index (κ3) is 45.3. The summed E-state index contributed by atoms with van der Waals surface area (Å²) < 4.78 is 23.1. The Hall–Kier alpha value is -2.58. The monoisotopic (exact) mass is 871 g/mol. The molecule has 0 radical (unpaired) electrons. The molecule has 0 heterocycles. The number of carbonyl (C=O) groups is 1. The molecule has 0 saturated heterocycles. The maximum atomic E-state index is 12.8. The summed E-state index contributed by atoms with van der Waals surface area (Å²) in [5.41, 5.74) is 0. The number of phosphoric ester groups is 1. The number of amides is 1. The predicted octanol–water partition coefficient (Wildman–Crippen LogP) is 13.3. The standard InChI is InChI=1S/C52H91N2O6P/c1-6-8-10-12-14-15-16-17-18-19-20-21-22-23-24-25-26-27-28-29-30-31-32-33-34-35-36-37-38-39-40-42-44-46-52(56)53-50(51(55)45-43-41-13-11-9-7-2)49-60-61(57,58)59-48-47-54(3,4)5/h8,10,14-15,17-18,20-21,23-24,26-27,29-30,32-33,50-51,55H,6-7,9,11-13,16,19,22,25,28,31,34-49H2,1-5H3,(H-,53,56,57,58)/b10-8-,15-14-,18-17-,21-20-,24-23-,27-26-,30-29-,33-32-. The van der Waals surface area contributed by atoms with Gasteiger partial charge in [0.05, 0.1) is 39.9 Å². The molecule has 0 rings (SSSR count). The van der Waals surface area contributed by atoms with Gasteiger partial charge in [-0.05, 0) is 77.0 Å². The van der Waals surface area contributed by atoms with Crippen LogP contribution in [-0.4, -0.2) is 68.5 Å². The van der Waals surface area contributed by atoms with Crippen LogP contribution in [0.2, 0.25) is 0 Å². The minimum absolute atomic E-state index is 0.00467. The highest BCUT2D eigenvalue weighted by atomic mass is 31.2. The van der Waals surface area contributed by atoms with Gasteiger partial charge in [0.1, 0.15) is 13.2 Å². The molecule has 61 heavy (non-hydrogen) atoms. The predicted molar refractivity (Wildman–Crippen MR) is 260 cm³/mol. The number of phosphoric acid groups is 1. The number of aliphatic hydroxyl groups excluding tert-OH is 1. The molecule has 350 valence electrons. The highest BCUT2D eigenvalue weighted by molar-refractivity contribution is 7.45. The summed E-state index contributed by atoms with van der Waals surface area (Å²) >= 11 is 0. The van der Waals surface area contributed by atoms with Gasteiger partial charge in [0.25, 0.3) is 7.82 Å². The van der Waals surface area contributed by atoms with Crippen molar-refractivity contribution < 1.29 is 32.9 Å². The molecule has 0 aliphatic heterocycles. The van der Waals surface area contributed by atoms with Crippen molar-refractivity contribution in [1.29, 1.82) is 0 Å². The Labute approximate surface area is 375 Å². The summed E-state index contributed by atoms with van der Waals surface area (Å²) in [4.78, 5) is 25.2. The molecule has 0 saturated carbocycles. The smallest absolute Gasteiger partial charge is 0.268 e. The van der Waals surface area contributed by atoms with Crippen LogP contribution in [0.15, 0.2) is 97.2 Å². The van der Waals surface area contributed by atoms with Gasteiger partial charge in [-0.3, -0.25) is 9.36 Å². The molecule has 0 aliphatic carbocycles. The molecule has 0 aromatic heterocycles. The van der Waals surface area contributed by atoms with Crippen molar-refractivity contribution in [3.63, 3.8) is 0 Å². The second-order valence-electron chi connectivity index (χ2n) is 17.1. The summed E-state index contributed by atoms with van der Waals surface area (Å²) in [6.07, 6.45) is 60.3. The zero-order valence-electron chi connectivity index (χ0n) is 39.6.